The van der Waals surface area contributed by atoms with E-state index in [9.17, 15) is 4.39 Å². The highest BCUT2D eigenvalue weighted by Crippen LogP contribution is 2.38. The number of halogens is 2. The van der Waals surface area contributed by atoms with E-state index >= 15 is 0 Å². The van der Waals surface area contributed by atoms with Crippen LogP contribution in [0.3, 0.4) is 0 Å². The van der Waals surface area contributed by atoms with Crippen molar-refractivity contribution in [1.82, 2.24) is 19.7 Å². The minimum atomic E-state index is -0.376. The molecular weight excluding hydrogens is 345 g/mol. The quantitative estimate of drug-likeness (QED) is 0.605. The van der Waals surface area contributed by atoms with E-state index in [0.717, 1.165) is 11.4 Å². The summed E-state index contributed by atoms with van der Waals surface area (Å²) in [6, 6.07) is 8.10. The highest BCUT2D eigenvalue weighted by Gasteiger charge is 2.22. The van der Waals surface area contributed by atoms with Gasteiger partial charge in [-0.05, 0) is 30.3 Å². The van der Waals surface area contributed by atoms with Gasteiger partial charge in [0, 0.05) is 18.9 Å². The molecule has 2 N–H and O–H groups in total. The summed E-state index contributed by atoms with van der Waals surface area (Å²) in [7, 11) is 0. The first-order chi connectivity index (χ1) is 12.1. The number of aryl methyl sites for hydroxylation is 1. The maximum Gasteiger partial charge on any atom is 0.223 e. The third kappa shape index (κ3) is 2.57. The van der Waals surface area contributed by atoms with Crippen LogP contribution in [-0.2, 0) is 6.54 Å². The molecular formula is C17H13ClFN5O. The molecule has 0 unspecified atom stereocenters. The van der Waals surface area contributed by atoms with Crippen LogP contribution in [-0.4, -0.2) is 19.7 Å². The zero-order valence-corrected chi connectivity index (χ0v) is 14.0. The number of benzene rings is 1. The summed E-state index contributed by atoms with van der Waals surface area (Å²) in [4.78, 5) is 8.58. The normalized spacial score (nSPS) is 11.4. The van der Waals surface area contributed by atoms with Gasteiger partial charge in [0.2, 0.25) is 11.7 Å². The number of nitrogens with two attached hydrogens (primary N) is 1. The van der Waals surface area contributed by atoms with Crippen molar-refractivity contribution < 1.29 is 8.91 Å². The Morgan fingerprint density at radius 1 is 1.28 bits per heavy atom. The van der Waals surface area contributed by atoms with Crippen LogP contribution < -0.4 is 5.73 Å². The Morgan fingerprint density at radius 3 is 2.76 bits per heavy atom. The summed E-state index contributed by atoms with van der Waals surface area (Å²) in [5.41, 5.74) is 8.33. The number of aromatic nitrogens is 4. The van der Waals surface area contributed by atoms with Gasteiger partial charge in [-0.25, -0.2) is 4.39 Å². The Balaban J connectivity index is 2.06. The van der Waals surface area contributed by atoms with Gasteiger partial charge in [-0.1, -0.05) is 16.8 Å². The fourth-order valence-corrected chi connectivity index (χ4v) is 3.08. The van der Waals surface area contributed by atoms with E-state index in [1.54, 1.807) is 19.2 Å². The number of fused-ring (bicyclic) bond motifs is 1. The molecule has 0 aliphatic rings. The summed E-state index contributed by atoms with van der Waals surface area (Å²) in [5.74, 6) is 0.353. The Kier molecular flexibility index (Phi) is 3.74. The van der Waals surface area contributed by atoms with E-state index in [-0.39, 0.29) is 5.82 Å². The predicted octanol–water partition coefficient (Wildman–Crippen LogP) is 3.64. The molecule has 0 amide bonds. The van der Waals surface area contributed by atoms with Gasteiger partial charge < -0.3 is 14.8 Å². The Hall–Kier alpha value is -2.77. The molecule has 3 aromatic heterocycles. The Bertz CT molecular complexity index is 1070. The first-order valence-corrected chi connectivity index (χ1v) is 7.92. The van der Waals surface area contributed by atoms with Crippen LogP contribution >= 0.6 is 11.6 Å². The standard InChI is InChI=1S/C17H13ClFN5O/c1-9-22-17(23-25-9)16-15(18)13-6-10(19)2-5-14(13)24(16)12-4-3-11(7-20)21-8-12/h2-6,8H,7,20H2,1H3. The Morgan fingerprint density at radius 2 is 2.12 bits per heavy atom. The van der Waals surface area contributed by atoms with Gasteiger partial charge in [-0.3, -0.25) is 4.98 Å². The van der Waals surface area contributed by atoms with Crippen molar-refractivity contribution in [2.45, 2.75) is 13.5 Å². The van der Waals surface area contributed by atoms with Gasteiger partial charge in [-0.15, -0.1) is 0 Å². The van der Waals surface area contributed by atoms with Crippen LogP contribution in [0.15, 0.2) is 41.1 Å². The first kappa shape index (κ1) is 15.7. The van der Waals surface area contributed by atoms with Crippen LogP contribution in [0.1, 0.15) is 11.6 Å². The fraction of sp³-hybridized carbons (Fsp3) is 0.118. The lowest BCUT2D eigenvalue weighted by Gasteiger charge is -2.09. The monoisotopic (exact) mass is 357 g/mol. The second-order valence-electron chi connectivity index (χ2n) is 5.51. The molecule has 25 heavy (non-hydrogen) atoms. The lowest BCUT2D eigenvalue weighted by molar-refractivity contribution is 0.394. The van der Waals surface area contributed by atoms with Crippen molar-refractivity contribution in [3.8, 4) is 17.2 Å². The van der Waals surface area contributed by atoms with Crippen LogP contribution in [0.2, 0.25) is 5.02 Å². The molecule has 0 bridgehead atoms. The van der Waals surface area contributed by atoms with Crippen molar-refractivity contribution in [1.29, 1.82) is 0 Å². The van der Waals surface area contributed by atoms with E-state index in [1.807, 2.05) is 16.7 Å². The number of pyridine rings is 1. The second-order valence-corrected chi connectivity index (χ2v) is 5.89. The molecule has 4 rings (SSSR count). The van der Waals surface area contributed by atoms with Crippen LogP contribution in [0, 0.1) is 12.7 Å². The molecule has 126 valence electrons. The van der Waals surface area contributed by atoms with Crippen molar-refractivity contribution in [3.05, 3.63) is 59.0 Å². The average molecular weight is 358 g/mol. The lowest BCUT2D eigenvalue weighted by atomic mass is 10.2. The van der Waals surface area contributed by atoms with Gasteiger partial charge in [0.15, 0.2) is 0 Å². The topological polar surface area (TPSA) is 82.8 Å². The third-order valence-corrected chi connectivity index (χ3v) is 4.27. The van der Waals surface area contributed by atoms with Crippen molar-refractivity contribution in [2.75, 3.05) is 0 Å². The minimum absolute atomic E-state index is 0.321. The summed E-state index contributed by atoms with van der Waals surface area (Å²) in [6.07, 6.45) is 1.68. The number of hydrogen-bond donors (Lipinski definition) is 1. The zero-order chi connectivity index (χ0) is 17.6. The van der Waals surface area contributed by atoms with Crippen molar-refractivity contribution in [2.24, 2.45) is 5.73 Å². The maximum absolute atomic E-state index is 13.7. The highest BCUT2D eigenvalue weighted by molar-refractivity contribution is 6.38. The molecule has 0 atom stereocenters. The first-order valence-electron chi connectivity index (χ1n) is 7.54. The van der Waals surface area contributed by atoms with Gasteiger partial charge >= 0.3 is 0 Å². The number of rotatable bonds is 3. The van der Waals surface area contributed by atoms with E-state index in [0.29, 0.717) is 39.9 Å². The van der Waals surface area contributed by atoms with E-state index in [1.165, 1.54) is 12.1 Å². The lowest BCUT2D eigenvalue weighted by Crippen LogP contribution is -2.02. The molecule has 0 radical (unpaired) electrons. The van der Waals surface area contributed by atoms with Gasteiger partial charge in [-0.2, -0.15) is 4.98 Å². The van der Waals surface area contributed by atoms with E-state index in [2.05, 4.69) is 15.1 Å². The molecule has 0 aliphatic heterocycles. The predicted molar refractivity (Wildman–Crippen MR) is 92.0 cm³/mol. The third-order valence-electron chi connectivity index (χ3n) is 3.88. The molecule has 4 aromatic rings. The molecule has 0 fully saturated rings. The van der Waals surface area contributed by atoms with Crippen LogP contribution in [0.5, 0.6) is 0 Å². The highest BCUT2D eigenvalue weighted by atomic mass is 35.5. The molecule has 0 saturated carbocycles. The Labute approximate surface area is 147 Å². The molecule has 6 nitrogen and oxygen atoms in total. The van der Waals surface area contributed by atoms with Gasteiger partial charge in [0.05, 0.1) is 28.1 Å². The smallest absolute Gasteiger partial charge is 0.223 e. The van der Waals surface area contributed by atoms with Crippen molar-refractivity contribution in [3.63, 3.8) is 0 Å². The average Bonchev–Trinajstić information content (AvgIpc) is 3.16. The summed E-state index contributed by atoms with van der Waals surface area (Å²) in [6.45, 7) is 2.03. The van der Waals surface area contributed by atoms with Gasteiger partial charge in [0.25, 0.3) is 0 Å². The largest absolute Gasteiger partial charge is 0.339 e. The van der Waals surface area contributed by atoms with Crippen LogP contribution in [0.4, 0.5) is 4.39 Å². The summed E-state index contributed by atoms with van der Waals surface area (Å²) in [5, 5.41) is 4.86. The molecule has 0 aliphatic carbocycles. The summed E-state index contributed by atoms with van der Waals surface area (Å²) < 4.78 is 20.6. The summed E-state index contributed by atoms with van der Waals surface area (Å²) >= 11 is 6.54. The molecule has 1 aromatic carbocycles. The second kappa shape index (κ2) is 5.94. The SMILES string of the molecule is Cc1nc(-c2c(Cl)c3cc(F)ccc3n2-c2ccc(CN)nc2)no1. The maximum atomic E-state index is 13.7. The van der Waals surface area contributed by atoms with Crippen LogP contribution in [0.25, 0.3) is 28.1 Å². The number of hydrogen-bond acceptors (Lipinski definition) is 5. The zero-order valence-electron chi connectivity index (χ0n) is 13.2. The van der Waals surface area contributed by atoms with Crippen molar-refractivity contribution >= 4 is 22.5 Å². The van der Waals surface area contributed by atoms with Gasteiger partial charge in [0.1, 0.15) is 11.5 Å². The molecule has 3 heterocycles. The molecule has 0 spiro atoms. The minimum Gasteiger partial charge on any atom is -0.339 e. The van der Waals surface area contributed by atoms with E-state index < -0.39 is 0 Å². The van der Waals surface area contributed by atoms with E-state index in [4.69, 9.17) is 21.9 Å². The fourth-order valence-electron chi connectivity index (χ4n) is 2.76. The number of nitrogens with zero attached hydrogens (tertiary/aromatic N) is 4. The molecule has 8 heteroatoms. The molecule has 0 saturated heterocycles.